The molecule has 4 aliphatic rings. The number of benzene rings is 1. The number of carbonyl (C=O) groups is 9. The second-order valence-electron chi connectivity index (χ2n) is 20.6. The SMILES string of the molecule is C=C/C=C\C=C\C[C@H](NC(=O)CCC(=O)CNC(=O)CCCCCC1C(=O)C=CC1=O)C(=O)CCC(=O)NCCN(CCO)CCC(=O)NC1CCc2c(C)c(F)cc3nc4c(c1c23)Cn1c-4cc2c(c1=O)COC(=O)[C@]2(O)CC. The fourth-order valence-corrected chi connectivity index (χ4v) is 10.8. The van der Waals surface area contributed by atoms with E-state index in [1.54, 1.807) is 55.2 Å². The van der Waals surface area contributed by atoms with E-state index in [0.29, 0.717) is 77.5 Å². The number of hydrogen-bond acceptors (Lipinski definition) is 15. The minimum Gasteiger partial charge on any atom is -0.458 e. The van der Waals surface area contributed by atoms with Crippen molar-refractivity contribution >= 4 is 63.6 Å². The Balaban J connectivity index is 0.879. The van der Waals surface area contributed by atoms with Crippen molar-refractivity contribution in [2.45, 2.75) is 135 Å². The van der Waals surface area contributed by atoms with Gasteiger partial charge in [0.2, 0.25) is 23.6 Å². The predicted octanol–water partition coefficient (Wildman–Crippen LogP) is 3.69. The molecule has 6 N–H and O–H groups in total. The van der Waals surface area contributed by atoms with Crippen LogP contribution in [0.15, 0.2) is 66.0 Å². The molecule has 2 aromatic heterocycles. The summed E-state index contributed by atoms with van der Waals surface area (Å²) < 4.78 is 22.2. The smallest absolute Gasteiger partial charge is 0.343 e. The first kappa shape index (κ1) is 60.0. The molecule has 0 bridgehead atoms. The second-order valence-corrected chi connectivity index (χ2v) is 20.6. The molecule has 2 aliphatic carbocycles. The zero-order chi connectivity index (χ0) is 57.7. The van der Waals surface area contributed by atoms with Crippen molar-refractivity contribution < 1.29 is 62.5 Å². The minimum absolute atomic E-state index is 0.00748. The molecule has 0 saturated heterocycles. The van der Waals surface area contributed by atoms with Crippen LogP contribution in [0.3, 0.4) is 0 Å². The van der Waals surface area contributed by atoms with E-state index in [-0.39, 0.29) is 144 Å². The third kappa shape index (κ3) is 14.2. The third-order valence-electron chi connectivity index (χ3n) is 15.3. The average Bonchev–Trinajstić information content (AvgIpc) is 4.05. The topological polar surface area (TPSA) is 290 Å². The summed E-state index contributed by atoms with van der Waals surface area (Å²) in [6, 6.07) is 1.38. The van der Waals surface area contributed by atoms with E-state index >= 15 is 4.39 Å². The molecule has 0 radical (unpaired) electrons. The number of aliphatic hydroxyl groups excluding tert-OH is 1. The Morgan fingerprint density at radius 3 is 2.38 bits per heavy atom. The number of ether oxygens (including phenoxy) is 1. The molecule has 3 atom stereocenters. The lowest BCUT2D eigenvalue weighted by Crippen LogP contribution is -2.44. The number of ketones is 4. The van der Waals surface area contributed by atoms with Gasteiger partial charge in [0, 0.05) is 87.3 Å². The molecule has 1 unspecified atom stereocenters. The molecular weight excluding hydrogens is 1030 g/mol. The lowest BCUT2D eigenvalue weighted by atomic mass is 9.81. The maximum Gasteiger partial charge on any atom is 0.343 e. The normalized spacial score (nSPS) is 17.6. The van der Waals surface area contributed by atoms with Crippen LogP contribution in [0, 0.1) is 18.7 Å². The van der Waals surface area contributed by atoms with E-state index in [0.717, 1.165) is 5.56 Å². The van der Waals surface area contributed by atoms with Crippen molar-refractivity contribution in [2.24, 2.45) is 5.92 Å². The van der Waals surface area contributed by atoms with E-state index in [2.05, 4.69) is 27.8 Å². The fourth-order valence-electron chi connectivity index (χ4n) is 10.8. The van der Waals surface area contributed by atoms with Crippen molar-refractivity contribution in [3.05, 3.63) is 111 Å². The highest BCUT2D eigenvalue weighted by molar-refractivity contribution is 6.18. The number of rotatable bonds is 30. The number of hydrogen-bond donors (Lipinski definition) is 6. The van der Waals surface area contributed by atoms with Gasteiger partial charge >= 0.3 is 5.97 Å². The van der Waals surface area contributed by atoms with E-state index < -0.39 is 58.5 Å². The molecule has 426 valence electrons. The number of Topliss-reactive ketones (excluding diaryl/α,β-unsaturated/α-hetero) is 2. The minimum atomic E-state index is -2.04. The molecule has 3 aromatic rings. The molecule has 4 amide bonds. The molecule has 0 spiro atoms. The summed E-state index contributed by atoms with van der Waals surface area (Å²) in [5.74, 6) is -4.77. The lowest BCUT2D eigenvalue weighted by Gasteiger charge is -2.31. The van der Waals surface area contributed by atoms with Crippen molar-refractivity contribution in [1.29, 1.82) is 0 Å². The molecule has 20 nitrogen and oxygen atoms in total. The average molecular weight is 1100 g/mol. The van der Waals surface area contributed by atoms with Gasteiger partial charge in [-0.05, 0) is 80.4 Å². The summed E-state index contributed by atoms with van der Waals surface area (Å²) in [6.45, 7) is 6.98. The Hall–Kier alpha value is -7.62. The van der Waals surface area contributed by atoms with Gasteiger partial charge in [-0.3, -0.25) is 48.1 Å². The number of nitrogens with one attached hydrogen (secondary N) is 4. The zero-order valence-electron chi connectivity index (χ0n) is 45.3. The number of esters is 1. The van der Waals surface area contributed by atoms with E-state index in [1.165, 1.54) is 22.8 Å². The number of halogens is 1. The lowest BCUT2D eigenvalue weighted by molar-refractivity contribution is -0.172. The van der Waals surface area contributed by atoms with E-state index in [4.69, 9.17) is 9.72 Å². The van der Waals surface area contributed by atoms with E-state index in [1.807, 2.05) is 0 Å². The first-order chi connectivity index (χ1) is 38.4. The number of carbonyl (C=O) groups excluding carboxylic acids is 9. The van der Waals surface area contributed by atoms with Crippen molar-refractivity contribution in [3.8, 4) is 11.4 Å². The predicted molar refractivity (Wildman–Crippen MR) is 292 cm³/mol. The van der Waals surface area contributed by atoms with Crippen LogP contribution in [-0.4, -0.2) is 123 Å². The monoisotopic (exact) mass is 1100 g/mol. The standard InChI is InChI=1S/C59H70FN7O13/c1-4-6-7-8-11-14-43(63-52(75)22-16-36(69)32-62-50(73)15-12-9-10-13-38-47(70)19-20-48(38)71)49(72)21-23-51(74)61-25-27-66(28-29-68)26-24-53(76)64-44-18-17-37-35(3)42(60)31-45-54(37)55(44)39-33-67-46(56(39)65-45)30-41-40(57(67)77)34-80-58(78)59(41,79)5-2/h4,6-8,11,19-20,30-31,38,43-44,68,79H,1,5,9-10,12-18,21-29,32-34H2,2-3H3,(H,61,74)(H,62,73)(H,63,75)(H,64,76)/b7-6-,11-8+/t43-,44?,59-/m0/s1. The van der Waals surface area contributed by atoms with Crippen LogP contribution < -0.4 is 26.8 Å². The van der Waals surface area contributed by atoms with Crippen molar-refractivity contribution in [2.75, 3.05) is 39.3 Å². The molecule has 21 heteroatoms. The summed E-state index contributed by atoms with van der Waals surface area (Å²) >= 11 is 0. The van der Waals surface area contributed by atoms with Crippen LogP contribution in [0.1, 0.15) is 130 Å². The highest BCUT2D eigenvalue weighted by Gasteiger charge is 2.46. The van der Waals surface area contributed by atoms with Gasteiger partial charge in [-0.15, -0.1) is 0 Å². The van der Waals surface area contributed by atoms with Gasteiger partial charge in [0.05, 0.1) is 60.2 Å². The van der Waals surface area contributed by atoms with Crippen LogP contribution in [-0.2, 0) is 73.1 Å². The summed E-state index contributed by atoms with van der Waals surface area (Å²) in [7, 11) is 0. The third-order valence-corrected chi connectivity index (χ3v) is 15.3. The number of allylic oxidation sites excluding steroid dienone is 6. The molecule has 0 fully saturated rings. The molecule has 7 rings (SSSR count). The number of fused-ring (bicyclic) bond motifs is 5. The Morgan fingerprint density at radius 2 is 1.64 bits per heavy atom. The number of nitrogens with zero attached hydrogens (tertiary/aromatic N) is 3. The van der Waals surface area contributed by atoms with Gasteiger partial charge in [-0.2, -0.15) is 0 Å². The fraction of sp³-hybridized carbons (Fsp3) is 0.475. The molecule has 2 aliphatic heterocycles. The van der Waals surface area contributed by atoms with Crippen LogP contribution >= 0.6 is 0 Å². The van der Waals surface area contributed by atoms with Crippen molar-refractivity contribution in [3.63, 3.8) is 0 Å². The number of amides is 4. The van der Waals surface area contributed by atoms with Crippen LogP contribution in [0.5, 0.6) is 0 Å². The first-order valence-corrected chi connectivity index (χ1v) is 27.4. The van der Waals surface area contributed by atoms with Crippen LogP contribution in [0.2, 0.25) is 0 Å². The Bertz CT molecular complexity index is 3110. The van der Waals surface area contributed by atoms with Crippen LogP contribution in [0.4, 0.5) is 4.39 Å². The van der Waals surface area contributed by atoms with Gasteiger partial charge in [-0.25, -0.2) is 14.2 Å². The Morgan fingerprint density at radius 1 is 0.887 bits per heavy atom. The maximum atomic E-state index is 15.4. The summed E-state index contributed by atoms with van der Waals surface area (Å²) in [4.78, 5) is 135. The highest BCUT2D eigenvalue weighted by atomic mass is 19.1. The number of aliphatic hydroxyl groups is 2. The van der Waals surface area contributed by atoms with Gasteiger partial charge in [-0.1, -0.05) is 56.7 Å². The zero-order valence-corrected chi connectivity index (χ0v) is 45.3. The molecule has 4 heterocycles. The molecule has 1 aromatic carbocycles. The molecule has 0 saturated carbocycles. The van der Waals surface area contributed by atoms with Gasteiger partial charge in [0.25, 0.3) is 5.56 Å². The number of aryl methyl sites for hydroxylation is 1. The van der Waals surface area contributed by atoms with E-state index in [9.17, 15) is 58.2 Å². The van der Waals surface area contributed by atoms with Gasteiger partial charge < -0.3 is 40.8 Å². The van der Waals surface area contributed by atoms with Gasteiger partial charge in [0.15, 0.2) is 28.7 Å². The maximum absolute atomic E-state index is 15.4. The highest BCUT2D eigenvalue weighted by Crippen LogP contribution is 2.46. The van der Waals surface area contributed by atoms with Gasteiger partial charge in [0.1, 0.15) is 12.4 Å². The first-order valence-electron chi connectivity index (χ1n) is 27.4. The van der Waals surface area contributed by atoms with Crippen molar-refractivity contribution in [1.82, 2.24) is 35.7 Å². The molecule has 80 heavy (non-hydrogen) atoms. The number of cyclic esters (lactones) is 1. The Labute approximate surface area is 462 Å². The largest absolute Gasteiger partial charge is 0.458 e. The number of aromatic nitrogens is 2. The number of unbranched alkanes of at least 4 members (excludes halogenated alkanes) is 2. The number of pyridine rings is 2. The summed E-state index contributed by atoms with van der Waals surface area (Å²) in [5.41, 5.74) is 1.48. The Kier molecular flexibility index (Phi) is 20.6. The summed E-state index contributed by atoms with van der Waals surface area (Å²) in [6.07, 6.45) is 13.3. The second kappa shape index (κ2) is 27.5. The summed E-state index contributed by atoms with van der Waals surface area (Å²) in [5, 5.41) is 33.1. The quantitative estimate of drug-likeness (QED) is 0.0188. The van der Waals surface area contributed by atoms with Crippen LogP contribution in [0.25, 0.3) is 22.3 Å². The molecular formula is C59H70FN7O13.